The van der Waals surface area contributed by atoms with Gasteiger partial charge in [-0.3, -0.25) is 14.4 Å². The molecular formula is C21H20Cl2N2O4. The molecule has 2 unspecified atom stereocenters. The summed E-state index contributed by atoms with van der Waals surface area (Å²) >= 11 is 11.9. The van der Waals surface area contributed by atoms with Crippen LogP contribution in [0.15, 0.2) is 42.5 Å². The number of para-hydroxylation sites is 1. The van der Waals surface area contributed by atoms with E-state index in [0.29, 0.717) is 34.3 Å². The summed E-state index contributed by atoms with van der Waals surface area (Å²) in [4.78, 5) is 37.0. The minimum absolute atomic E-state index is 0.259. The molecule has 0 bridgehead atoms. The van der Waals surface area contributed by atoms with E-state index in [1.54, 1.807) is 36.4 Å². The highest BCUT2D eigenvalue weighted by Gasteiger charge is 2.36. The Morgan fingerprint density at radius 3 is 2.28 bits per heavy atom. The van der Waals surface area contributed by atoms with Gasteiger partial charge in [0.1, 0.15) is 0 Å². The zero-order valence-corrected chi connectivity index (χ0v) is 17.0. The fourth-order valence-electron chi connectivity index (χ4n) is 3.53. The van der Waals surface area contributed by atoms with Crippen molar-refractivity contribution < 1.29 is 19.5 Å². The van der Waals surface area contributed by atoms with Gasteiger partial charge in [-0.1, -0.05) is 48.2 Å². The molecule has 1 fully saturated rings. The molecule has 29 heavy (non-hydrogen) atoms. The maximum Gasteiger partial charge on any atom is 0.307 e. The van der Waals surface area contributed by atoms with Crippen LogP contribution in [-0.4, -0.2) is 22.9 Å². The minimum atomic E-state index is -0.963. The van der Waals surface area contributed by atoms with Crippen LogP contribution in [-0.2, 0) is 9.59 Å². The molecule has 1 aliphatic carbocycles. The highest BCUT2D eigenvalue weighted by Crippen LogP contribution is 2.32. The van der Waals surface area contributed by atoms with Gasteiger partial charge < -0.3 is 15.7 Å². The molecule has 0 aromatic heterocycles. The monoisotopic (exact) mass is 434 g/mol. The van der Waals surface area contributed by atoms with Crippen LogP contribution in [0, 0.1) is 11.8 Å². The SMILES string of the molecule is O=C(Nc1ccc(Cl)c(Cl)c1)c1ccccc1NC(=O)C1CCCCC1C(=O)O. The number of anilines is 2. The number of carboxylic acids is 1. The van der Waals surface area contributed by atoms with Crippen molar-refractivity contribution in [2.24, 2.45) is 11.8 Å². The molecule has 8 heteroatoms. The van der Waals surface area contributed by atoms with E-state index in [9.17, 15) is 19.5 Å². The molecule has 1 saturated carbocycles. The van der Waals surface area contributed by atoms with E-state index >= 15 is 0 Å². The summed E-state index contributed by atoms with van der Waals surface area (Å²) in [5, 5.41) is 15.6. The van der Waals surface area contributed by atoms with E-state index in [1.165, 1.54) is 6.07 Å². The van der Waals surface area contributed by atoms with Crippen molar-refractivity contribution in [2.75, 3.05) is 10.6 Å². The Balaban J connectivity index is 1.77. The first kappa shape index (κ1) is 21.1. The van der Waals surface area contributed by atoms with E-state index < -0.39 is 23.7 Å². The fourth-order valence-corrected chi connectivity index (χ4v) is 3.83. The predicted molar refractivity (Wildman–Crippen MR) is 113 cm³/mol. The Bertz CT molecular complexity index is 948. The average molecular weight is 435 g/mol. The fraction of sp³-hybridized carbons (Fsp3) is 0.286. The predicted octanol–water partition coefficient (Wildman–Crippen LogP) is 5.08. The quantitative estimate of drug-likeness (QED) is 0.611. The summed E-state index contributed by atoms with van der Waals surface area (Å²) in [6, 6.07) is 11.3. The third kappa shape index (κ3) is 5.08. The van der Waals surface area contributed by atoms with Crippen LogP contribution in [0.1, 0.15) is 36.0 Å². The van der Waals surface area contributed by atoms with Gasteiger partial charge >= 0.3 is 5.97 Å². The number of benzene rings is 2. The van der Waals surface area contributed by atoms with Crippen LogP contribution in [0.25, 0.3) is 0 Å². The number of carbonyl (C=O) groups is 3. The summed E-state index contributed by atoms with van der Waals surface area (Å²) in [7, 11) is 0. The van der Waals surface area contributed by atoms with Gasteiger partial charge in [-0.15, -0.1) is 0 Å². The Labute approximate surface area is 178 Å². The first-order valence-corrected chi connectivity index (χ1v) is 10.0. The Morgan fingerprint density at radius 1 is 0.897 bits per heavy atom. The van der Waals surface area contributed by atoms with Gasteiger partial charge in [0.15, 0.2) is 0 Å². The zero-order valence-electron chi connectivity index (χ0n) is 15.5. The minimum Gasteiger partial charge on any atom is -0.481 e. The maximum absolute atomic E-state index is 12.8. The molecular weight excluding hydrogens is 415 g/mol. The van der Waals surface area contributed by atoms with Crippen molar-refractivity contribution in [3.63, 3.8) is 0 Å². The maximum atomic E-state index is 12.8. The number of hydrogen-bond acceptors (Lipinski definition) is 3. The molecule has 3 N–H and O–H groups in total. The third-order valence-corrected chi connectivity index (χ3v) is 5.77. The molecule has 0 aliphatic heterocycles. The van der Waals surface area contributed by atoms with Gasteiger partial charge in [-0.05, 0) is 43.2 Å². The van der Waals surface area contributed by atoms with Gasteiger partial charge in [-0.25, -0.2) is 0 Å². The lowest BCUT2D eigenvalue weighted by Gasteiger charge is -2.27. The number of halogens is 2. The smallest absolute Gasteiger partial charge is 0.307 e. The molecule has 0 saturated heterocycles. The van der Waals surface area contributed by atoms with Crippen LogP contribution >= 0.6 is 23.2 Å². The van der Waals surface area contributed by atoms with E-state index in [2.05, 4.69) is 10.6 Å². The number of hydrogen-bond donors (Lipinski definition) is 3. The lowest BCUT2D eigenvalue weighted by molar-refractivity contribution is -0.147. The topological polar surface area (TPSA) is 95.5 Å². The van der Waals surface area contributed by atoms with Gasteiger partial charge in [0.05, 0.1) is 33.1 Å². The summed E-state index contributed by atoms with van der Waals surface area (Å²) in [6.07, 6.45) is 2.60. The number of carbonyl (C=O) groups excluding carboxylic acids is 2. The second-order valence-electron chi connectivity index (χ2n) is 6.95. The van der Waals surface area contributed by atoms with Gasteiger partial charge in [0.25, 0.3) is 5.91 Å². The van der Waals surface area contributed by atoms with Crippen LogP contribution in [0.2, 0.25) is 10.0 Å². The van der Waals surface area contributed by atoms with Crippen LogP contribution < -0.4 is 10.6 Å². The molecule has 2 atom stereocenters. The Morgan fingerprint density at radius 2 is 1.59 bits per heavy atom. The van der Waals surface area contributed by atoms with E-state index in [4.69, 9.17) is 23.2 Å². The second-order valence-corrected chi connectivity index (χ2v) is 7.77. The van der Waals surface area contributed by atoms with Crippen LogP contribution in [0.4, 0.5) is 11.4 Å². The largest absolute Gasteiger partial charge is 0.481 e. The summed E-state index contributed by atoms with van der Waals surface area (Å²) in [5.74, 6) is -3.10. The van der Waals surface area contributed by atoms with E-state index in [-0.39, 0.29) is 11.5 Å². The van der Waals surface area contributed by atoms with Crippen molar-refractivity contribution in [3.05, 3.63) is 58.1 Å². The van der Waals surface area contributed by atoms with Crippen LogP contribution in [0.5, 0.6) is 0 Å². The number of amides is 2. The van der Waals surface area contributed by atoms with E-state index in [0.717, 1.165) is 12.8 Å². The van der Waals surface area contributed by atoms with Crippen molar-refractivity contribution in [2.45, 2.75) is 25.7 Å². The molecule has 152 valence electrons. The standard InChI is InChI=1S/C21H20Cl2N2O4/c22-16-10-9-12(11-17(16)23)24-20(27)15-7-3-4-8-18(15)25-19(26)13-5-1-2-6-14(13)21(28)29/h3-4,7-11,13-14H,1-2,5-6H2,(H,24,27)(H,25,26)(H,28,29). The number of rotatable bonds is 5. The first-order chi connectivity index (χ1) is 13.9. The third-order valence-electron chi connectivity index (χ3n) is 5.03. The van der Waals surface area contributed by atoms with Crippen LogP contribution in [0.3, 0.4) is 0 Å². The lowest BCUT2D eigenvalue weighted by atomic mass is 9.78. The Kier molecular flexibility index (Phi) is 6.77. The normalized spacial score (nSPS) is 18.7. The summed E-state index contributed by atoms with van der Waals surface area (Å²) in [5.41, 5.74) is 1.04. The molecule has 3 rings (SSSR count). The number of aliphatic carboxylic acids is 1. The molecule has 1 aliphatic rings. The second kappa shape index (κ2) is 9.29. The molecule has 2 amide bonds. The number of nitrogens with one attached hydrogen (secondary N) is 2. The molecule has 0 spiro atoms. The highest BCUT2D eigenvalue weighted by atomic mass is 35.5. The molecule has 0 radical (unpaired) electrons. The van der Waals surface area contributed by atoms with Crippen molar-refractivity contribution >= 4 is 52.4 Å². The Hall–Kier alpha value is -2.57. The van der Waals surface area contributed by atoms with Gasteiger partial charge in [0, 0.05) is 5.69 Å². The van der Waals surface area contributed by atoms with Crippen molar-refractivity contribution in [3.8, 4) is 0 Å². The highest BCUT2D eigenvalue weighted by molar-refractivity contribution is 6.42. The molecule has 2 aromatic rings. The van der Waals surface area contributed by atoms with Crippen molar-refractivity contribution in [1.29, 1.82) is 0 Å². The van der Waals surface area contributed by atoms with E-state index in [1.807, 2.05) is 0 Å². The molecule has 0 heterocycles. The lowest BCUT2D eigenvalue weighted by Crippen LogP contribution is -2.36. The summed E-state index contributed by atoms with van der Waals surface area (Å²) < 4.78 is 0. The zero-order chi connectivity index (χ0) is 21.0. The van der Waals surface area contributed by atoms with Gasteiger partial charge in [-0.2, -0.15) is 0 Å². The number of carboxylic acid groups (broad SMARTS) is 1. The molecule has 6 nitrogen and oxygen atoms in total. The molecule has 2 aromatic carbocycles. The van der Waals surface area contributed by atoms with Crippen molar-refractivity contribution in [1.82, 2.24) is 0 Å². The first-order valence-electron chi connectivity index (χ1n) is 9.26. The summed E-state index contributed by atoms with van der Waals surface area (Å²) in [6.45, 7) is 0. The average Bonchev–Trinajstić information content (AvgIpc) is 2.71. The van der Waals surface area contributed by atoms with Gasteiger partial charge in [0.2, 0.25) is 5.91 Å².